The van der Waals surface area contributed by atoms with Crippen molar-refractivity contribution in [2.24, 2.45) is 5.73 Å². The standard InChI is InChI=1S/C16H17FN2O/c17-14-8-6-12(7-9-14)10-15(18)16(20)19-11-13-4-2-1-3-5-13/h1-9,15H,10-11,18H2,(H,19,20)/t15-/m0/s1. The number of carbonyl (C=O) groups excluding carboxylic acids is 1. The summed E-state index contributed by atoms with van der Waals surface area (Å²) in [5.74, 6) is -0.506. The molecule has 0 aliphatic carbocycles. The van der Waals surface area contributed by atoms with Gasteiger partial charge >= 0.3 is 0 Å². The zero-order valence-corrected chi connectivity index (χ0v) is 11.1. The minimum absolute atomic E-state index is 0.210. The van der Waals surface area contributed by atoms with Crippen molar-refractivity contribution in [2.45, 2.75) is 19.0 Å². The molecule has 0 fully saturated rings. The van der Waals surface area contributed by atoms with Gasteiger partial charge in [-0.25, -0.2) is 4.39 Å². The molecule has 2 aromatic rings. The van der Waals surface area contributed by atoms with Crippen LogP contribution in [0.25, 0.3) is 0 Å². The van der Waals surface area contributed by atoms with Gasteiger partial charge in [0.05, 0.1) is 6.04 Å². The highest BCUT2D eigenvalue weighted by molar-refractivity contribution is 5.81. The quantitative estimate of drug-likeness (QED) is 0.875. The fourth-order valence-corrected chi connectivity index (χ4v) is 1.88. The van der Waals surface area contributed by atoms with Crippen LogP contribution in [0.1, 0.15) is 11.1 Å². The highest BCUT2D eigenvalue weighted by atomic mass is 19.1. The van der Waals surface area contributed by atoms with E-state index < -0.39 is 6.04 Å². The molecule has 1 amide bonds. The van der Waals surface area contributed by atoms with Gasteiger partial charge in [0.15, 0.2) is 0 Å². The lowest BCUT2D eigenvalue weighted by Gasteiger charge is -2.12. The highest BCUT2D eigenvalue weighted by Crippen LogP contribution is 2.05. The topological polar surface area (TPSA) is 55.1 Å². The van der Waals surface area contributed by atoms with E-state index in [-0.39, 0.29) is 11.7 Å². The van der Waals surface area contributed by atoms with Crippen molar-refractivity contribution < 1.29 is 9.18 Å². The maximum atomic E-state index is 12.8. The maximum Gasteiger partial charge on any atom is 0.237 e. The summed E-state index contributed by atoms with van der Waals surface area (Å²) >= 11 is 0. The van der Waals surface area contributed by atoms with Crippen LogP contribution in [0, 0.1) is 5.82 Å². The van der Waals surface area contributed by atoms with Crippen molar-refractivity contribution in [3.63, 3.8) is 0 Å². The molecule has 0 bridgehead atoms. The molecule has 0 spiro atoms. The molecule has 0 radical (unpaired) electrons. The third-order valence-electron chi connectivity index (χ3n) is 3.02. The Kier molecular flexibility index (Phi) is 4.85. The van der Waals surface area contributed by atoms with Gasteiger partial charge in [-0.15, -0.1) is 0 Å². The first kappa shape index (κ1) is 14.2. The third kappa shape index (κ3) is 4.17. The molecule has 1 atom stereocenters. The van der Waals surface area contributed by atoms with Crippen LogP contribution in [0.2, 0.25) is 0 Å². The number of hydrogen-bond donors (Lipinski definition) is 2. The Morgan fingerprint density at radius 3 is 2.35 bits per heavy atom. The van der Waals surface area contributed by atoms with Crippen LogP contribution >= 0.6 is 0 Å². The first-order valence-electron chi connectivity index (χ1n) is 6.47. The van der Waals surface area contributed by atoms with Gasteiger partial charge in [0, 0.05) is 6.54 Å². The van der Waals surface area contributed by atoms with E-state index in [1.165, 1.54) is 12.1 Å². The first-order chi connectivity index (χ1) is 9.65. The maximum absolute atomic E-state index is 12.8. The largest absolute Gasteiger partial charge is 0.351 e. The number of rotatable bonds is 5. The number of carbonyl (C=O) groups is 1. The average Bonchev–Trinajstić information content (AvgIpc) is 2.48. The average molecular weight is 272 g/mol. The molecule has 0 aliphatic rings. The summed E-state index contributed by atoms with van der Waals surface area (Å²) in [7, 11) is 0. The SMILES string of the molecule is N[C@@H](Cc1ccc(F)cc1)C(=O)NCc1ccccc1. The van der Waals surface area contributed by atoms with E-state index in [0.29, 0.717) is 13.0 Å². The van der Waals surface area contributed by atoms with Gasteiger partial charge in [-0.05, 0) is 29.7 Å². The number of benzene rings is 2. The van der Waals surface area contributed by atoms with Crippen molar-refractivity contribution in [2.75, 3.05) is 0 Å². The summed E-state index contributed by atoms with van der Waals surface area (Å²) in [6, 6.07) is 15.0. The van der Waals surface area contributed by atoms with Gasteiger partial charge in [-0.1, -0.05) is 42.5 Å². The van der Waals surface area contributed by atoms with Gasteiger partial charge in [-0.3, -0.25) is 4.79 Å². The van der Waals surface area contributed by atoms with E-state index in [1.807, 2.05) is 30.3 Å². The Bertz CT molecular complexity index is 554. The highest BCUT2D eigenvalue weighted by Gasteiger charge is 2.13. The van der Waals surface area contributed by atoms with Gasteiger partial charge in [-0.2, -0.15) is 0 Å². The van der Waals surface area contributed by atoms with E-state index >= 15 is 0 Å². The summed E-state index contributed by atoms with van der Waals surface area (Å²) in [6.45, 7) is 0.455. The summed E-state index contributed by atoms with van der Waals surface area (Å²) in [4.78, 5) is 11.9. The van der Waals surface area contributed by atoms with E-state index in [4.69, 9.17) is 5.73 Å². The normalized spacial score (nSPS) is 11.9. The molecule has 0 unspecified atom stereocenters. The second-order valence-corrected chi connectivity index (χ2v) is 4.64. The van der Waals surface area contributed by atoms with Gasteiger partial charge in [0.2, 0.25) is 5.91 Å². The number of nitrogens with two attached hydrogens (primary N) is 1. The van der Waals surface area contributed by atoms with Crippen molar-refractivity contribution in [1.29, 1.82) is 0 Å². The van der Waals surface area contributed by atoms with Crippen molar-refractivity contribution in [1.82, 2.24) is 5.32 Å². The molecule has 3 nitrogen and oxygen atoms in total. The van der Waals surface area contributed by atoms with Crippen LogP contribution in [0.5, 0.6) is 0 Å². The van der Waals surface area contributed by atoms with Crippen LogP contribution in [-0.2, 0) is 17.8 Å². The van der Waals surface area contributed by atoms with E-state index in [2.05, 4.69) is 5.32 Å². The number of halogens is 1. The van der Waals surface area contributed by atoms with Gasteiger partial charge in [0.1, 0.15) is 5.82 Å². The molecule has 2 aromatic carbocycles. The summed E-state index contributed by atoms with van der Waals surface area (Å²) < 4.78 is 12.8. The predicted molar refractivity (Wildman–Crippen MR) is 76.4 cm³/mol. The second-order valence-electron chi connectivity index (χ2n) is 4.64. The third-order valence-corrected chi connectivity index (χ3v) is 3.02. The Morgan fingerprint density at radius 1 is 1.05 bits per heavy atom. The Balaban J connectivity index is 1.84. The minimum atomic E-state index is -0.635. The number of nitrogens with one attached hydrogen (secondary N) is 1. The van der Waals surface area contributed by atoms with Crippen molar-refractivity contribution in [3.05, 3.63) is 71.5 Å². The van der Waals surface area contributed by atoms with Crippen LogP contribution in [-0.4, -0.2) is 11.9 Å². The molecular formula is C16H17FN2O. The second kappa shape index (κ2) is 6.82. The van der Waals surface area contributed by atoms with Crippen LogP contribution in [0.4, 0.5) is 4.39 Å². The van der Waals surface area contributed by atoms with Crippen LogP contribution < -0.4 is 11.1 Å². The molecule has 3 N–H and O–H groups in total. The lowest BCUT2D eigenvalue weighted by Crippen LogP contribution is -2.41. The van der Waals surface area contributed by atoms with E-state index in [0.717, 1.165) is 11.1 Å². The molecule has 104 valence electrons. The van der Waals surface area contributed by atoms with Gasteiger partial charge < -0.3 is 11.1 Å². The Morgan fingerprint density at radius 2 is 1.70 bits per heavy atom. The molecule has 0 heterocycles. The fourth-order valence-electron chi connectivity index (χ4n) is 1.88. The van der Waals surface area contributed by atoms with Crippen LogP contribution in [0.15, 0.2) is 54.6 Å². The number of hydrogen-bond acceptors (Lipinski definition) is 2. The van der Waals surface area contributed by atoms with Crippen molar-refractivity contribution >= 4 is 5.91 Å². The summed E-state index contributed by atoms with van der Waals surface area (Å²) in [5, 5.41) is 2.79. The molecule has 0 saturated heterocycles. The lowest BCUT2D eigenvalue weighted by atomic mass is 10.1. The number of amides is 1. The lowest BCUT2D eigenvalue weighted by molar-refractivity contribution is -0.122. The zero-order chi connectivity index (χ0) is 14.4. The molecule has 0 aliphatic heterocycles. The molecule has 20 heavy (non-hydrogen) atoms. The summed E-state index contributed by atoms with van der Waals surface area (Å²) in [5.41, 5.74) is 7.71. The Hall–Kier alpha value is -2.20. The minimum Gasteiger partial charge on any atom is -0.351 e. The molecular weight excluding hydrogens is 255 g/mol. The summed E-state index contributed by atoms with van der Waals surface area (Å²) in [6.07, 6.45) is 0.390. The first-order valence-corrected chi connectivity index (χ1v) is 6.47. The molecule has 0 saturated carbocycles. The van der Waals surface area contributed by atoms with Crippen LogP contribution in [0.3, 0.4) is 0 Å². The zero-order valence-electron chi connectivity index (χ0n) is 11.1. The molecule has 4 heteroatoms. The van der Waals surface area contributed by atoms with E-state index in [1.54, 1.807) is 12.1 Å². The predicted octanol–water partition coefficient (Wildman–Crippen LogP) is 2.01. The smallest absolute Gasteiger partial charge is 0.237 e. The fraction of sp³-hybridized carbons (Fsp3) is 0.188. The van der Waals surface area contributed by atoms with Crippen molar-refractivity contribution in [3.8, 4) is 0 Å². The monoisotopic (exact) mass is 272 g/mol. The molecule has 2 rings (SSSR count). The Labute approximate surface area is 117 Å². The van der Waals surface area contributed by atoms with E-state index in [9.17, 15) is 9.18 Å². The van der Waals surface area contributed by atoms with Gasteiger partial charge in [0.25, 0.3) is 0 Å². The molecule has 0 aromatic heterocycles.